The van der Waals surface area contributed by atoms with Gasteiger partial charge < -0.3 is 5.11 Å². The lowest BCUT2D eigenvalue weighted by atomic mass is 10.0. The quantitative estimate of drug-likeness (QED) is 0.931. The summed E-state index contributed by atoms with van der Waals surface area (Å²) in [4.78, 5) is 15.5. The van der Waals surface area contributed by atoms with Crippen LogP contribution in [0.3, 0.4) is 0 Å². The average molecular weight is 273 g/mol. The average Bonchev–Trinajstić information content (AvgIpc) is 2.82. The Balaban J connectivity index is 1.62. The fraction of sp³-hybridized carbons (Fsp3) is 0.267. The molecule has 0 unspecified atom stereocenters. The largest absolute Gasteiger partial charge is 0.481 e. The van der Waals surface area contributed by atoms with Crippen LogP contribution in [0.5, 0.6) is 0 Å². The van der Waals surface area contributed by atoms with Gasteiger partial charge in [0.25, 0.3) is 0 Å². The minimum absolute atomic E-state index is 0.173. The van der Waals surface area contributed by atoms with Crippen molar-refractivity contribution in [3.8, 4) is 10.4 Å². The summed E-state index contributed by atoms with van der Waals surface area (Å²) in [6.07, 6.45) is 0. The third-order valence-corrected chi connectivity index (χ3v) is 4.52. The number of thiophene rings is 1. The first-order chi connectivity index (χ1) is 9.22. The molecule has 19 heavy (non-hydrogen) atoms. The maximum Gasteiger partial charge on any atom is 0.309 e. The molecule has 1 aromatic heterocycles. The van der Waals surface area contributed by atoms with E-state index < -0.39 is 5.97 Å². The molecule has 0 amide bonds. The van der Waals surface area contributed by atoms with E-state index in [1.807, 2.05) is 18.2 Å². The third kappa shape index (κ3) is 2.69. The van der Waals surface area contributed by atoms with Gasteiger partial charge in [0, 0.05) is 29.4 Å². The van der Waals surface area contributed by atoms with Crippen molar-refractivity contribution in [1.29, 1.82) is 0 Å². The van der Waals surface area contributed by atoms with Crippen molar-refractivity contribution >= 4 is 17.3 Å². The SMILES string of the molecule is O=C(O)C1CN(Cc2ccc(-c3ccccc3)s2)C1. The van der Waals surface area contributed by atoms with Gasteiger partial charge >= 0.3 is 5.97 Å². The van der Waals surface area contributed by atoms with E-state index >= 15 is 0 Å². The van der Waals surface area contributed by atoms with E-state index in [4.69, 9.17) is 5.11 Å². The Labute approximate surface area is 116 Å². The Bertz CT molecular complexity index is 573. The molecule has 2 heterocycles. The summed E-state index contributed by atoms with van der Waals surface area (Å²) < 4.78 is 0. The summed E-state index contributed by atoms with van der Waals surface area (Å²) >= 11 is 1.78. The molecule has 1 fully saturated rings. The minimum Gasteiger partial charge on any atom is -0.481 e. The first kappa shape index (κ1) is 12.4. The molecular formula is C15H15NO2S. The number of hydrogen-bond donors (Lipinski definition) is 1. The summed E-state index contributed by atoms with van der Waals surface area (Å²) in [5.41, 5.74) is 1.24. The van der Waals surface area contributed by atoms with Crippen LogP contribution in [0.4, 0.5) is 0 Å². The van der Waals surface area contributed by atoms with Crippen LogP contribution in [-0.4, -0.2) is 29.1 Å². The van der Waals surface area contributed by atoms with E-state index in [0.717, 1.165) is 6.54 Å². The highest BCUT2D eigenvalue weighted by molar-refractivity contribution is 7.15. The van der Waals surface area contributed by atoms with Crippen molar-refractivity contribution in [3.05, 3.63) is 47.3 Å². The predicted octanol–water partition coefficient (Wildman–Crippen LogP) is 2.93. The number of likely N-dealkylation sites (tertiary alicyclic amines) is 1. The number of aliphatic carboxylic acids is 1. The molecule has 1 aromatic carbocycles. The minimum atomic E-state index is -0.674. The molecule has 0 aliphatic carbocycles. The molecular weight excluding hydrogens is 258 g/mol. The van der Waals surface area contributed by atoms with E-state index in [1.54, 1.807) is 11.3 Å². The normalized spacial score (nSPS) is 16.2. The monoisotopic (exact) mass is 273 g/mol. The molecule has 1 aliphatic heterocycles. The van der Waals surface area contributed by atoms with E-state index in [0.29, 0.717) is 13.1 Å². The van der Waals surface area contributed by atoms with Crippen molar-refractivity contribution < 1.29 is 9.90 Å². The molecule has 3 rings (SSSR count). The van der Waals surface area contributed by atoms with Crippen molar-refractivity contribution in [3.63, 3.8) is 0 Å². The number of benzene rings is 1. The van der Waals surface area contributed by atoms with Crippen LogP contribution >= 0.6 is 11.3 Å². The van der Waals surface area contributed by atoms with Crippen molar-refractivity contribution in [2.45, 2.75) is 6.54 Å². The van der Waals surface area contributed by atoms with E-state index in [9.17, 15) is 4.79 Å². The van der Waals surface area contributed by atoms with Crippen molar-refractivity contribution in [2.24, 2.45) is 5.92 Å². The molecule has 4 heteroatoms. The zero-order valence-electron chi connectivity index (χ0n) is 10.5. The van der Waals surface area contributed by atoms with E-state index in [2.05, 4.69) is 29.2 Å². The third-order valence-electron chi connectivity index (χ3n) is 3.41. The highest BCUT2D eigenvalue weighted by atomic mass is 32.1. The summed E-state index contributed by atoms with van der Waals surface area (Å²) in [6, 6.07) is 14.6. The van der Waals surface area contributed by atoms with Gasteiger partial charge in [0.05, 0.1) is 5.92 Å². The van der Waals surface area contributed by atoms with Crippen molar-refractivity contribution in [1.82, 2.24) is 4.90 Å². The zero-order chi connectivity index (χ0) is 13.2. The van der Waals surface area contributed by atoms with Crippen LogP contribution in [0.15, 0.2) is 42.5 Å². The van der Waals surface area contributed by atoms with Gasteiger partial charge in [-0.3, -0.25) is 9.69 Å². The molecule has 0 spiro atoms. The Morgan fingerprint density at radius 2 is 1.95 bits per heavy atom. The molecule has 0 atom stereocenters. The molecule has 1 N–H and O–H groups in total. The Morgan fingerprint density at radius 1 is 1.21 bits per heavy atom. The number of carboxylic acid groups (broad SMARTS) is 1. The second-order valence-electron chi connectivity index (χ2n) is 4.86. The fourth-order valence-corrected chi connectivity index (χ4v) is 3.35. The number of rotatable bonds is 4. The van der Waals surface area contributed by atoms with Gasteiger partial charge in [-0.25, -0.2) is 0 Å². The van der Waals surface area contributed by atoms with Crippen LogP contribution in [0.2, 0.25) is 0 Å². The predicted molar refractivity (Wildman–Crippen MR) is 76.2 cm³/mol. The second kappa shape index (κ2) is 5.15. The molecule has 0 radical (unpaired) electrons. The number of nitrogens with zero attached hydrogens (tertiary/aromatic N) is 1. The maximum atomic E-state index is 10.7. The van der Waals surface area contributed by atoms with Crippen LogP contribution < -0.4 is 0 Å². The Morgan fingerprint density at radius 3 is 2.63 bits per heavy atom. The second-order valence-corrected chi connectivity index (χ2v) is 6.03. The molecule has 0 saturated carbocycles. The standard InChI is InChI=1S/C15H15NO2S/c17-15(18)12-8-16(9-12)10-13-6-7-14(19-13)11-4-2-1-3-5-11/h1-7,12H,8-10H2,(H,17,18). The van der Waals surface area contributed by atoms with E-state index in [-0.39, 0.29) is 5.92 Å². The first-order valence-electron chi connectivity index (χ1n) is 6.31. The summed E-state index contributed by atoms with van der Waals surface area (Å²) in [7, 11) is 0. The number of carboxylic acids is 1. The van der Waals surface area contributed by atoms with E-state index in [1.165, 1.54) is 15.3 Å². The van der Waals surface area contributed by atoms with Crippen LogP contribution in [0.1, 0.15) is 4.88 Å². The fourth-order valence-electron chi connectivity index (χ4n) is 2.30. The van der Waals surface area contributed by atoms with Gasteiger partial charge in [0.2, 0.25) is 0 Å². The Hall–Kier alpha value is -1.65. The highest BCUT2D eigenvalue weighted by Gasteiger charge is 2.32. The summed E-state index contributed by atoms with van der Waals surface area (Å²) in [5.74, 6) is -0.846. The van der Waals surface area contributed by atoms with Gasteiger partial charge in [0.15, 0.2) is 0 Å². The van der Waals surface area contributed by atoms with Gasteiger partial charge in [0.1, 0.15) is 0 Å². The maximum absolute atomic E-state index is 10.7. The Kier molecular flexibility index (Phi) is 3.36. The zero-order valence-corrected chi connectivity index (χ0v) is 11.3. The molecule has 1 aliphatic rings. The van der Waals surface area contributed by atoms with Crippen LogP contribution in [-0.2, 0) is 11.3 Å². The van der Waals surface area contributed by atoms with Gasteiger partial charge in [-0.15, -0.1) is 11.3 Å². The molecule has 2 aromatic rings. The van der Waals surface area contributed by atoms with Crippen molar-refractivity contribution in [2.75, 3.05) is 13.1 Å². The smallest absolute Gasteiger partial charge is 0.309 e. The first-order valence-corrected chi connectivity index (χ1v) is 7.13. The molecule has 3 nitrogen and oxygen atoms in total. The van der Waals surface area contributed by atoms with Crippen LogP contribution in [0, 0.1) is 5.92 Å². The molecule has 98 valence electrons. The lowest BCUT2D eigenvalue weighted by Gasteiger charge is -2.36. The lowest BCUT2D eigenvalue weighted by molar-refractivity contribution is -0.147. The van der Waals surface area contributed by atoms with Gasteiger partial charge in [-0.2, -0.15) is 0 Å². The van der Waals surface area contributed by atoms with Crippen LogP contribution in [0.25, 0.3) is 10.4 Å². The van der Waals surface area contributed by atoms with Gasteiger partial charge in [-0.1, -0.05) is 30.3 Å². The molecule has 1 saturated heterocycles. The van der Waals surface area contributed by atoms with Gasteiger partial charge in [-0.05, 0) is 17.7 Å². The molecule has 0 bridgehead atoms. The number of hydrogen-bond acceptors (Lipinski definition) is 3. The summed E-state index contributed by atoms with van der Waals surface area (Å²) in [6.45, 7) is 2.21. The highest BCUT2D eigenvalue weighted by Crippen LogP contribution is 2.30. The topological polar surface area (TPSA) is 40.5 Å². The summed E-state index contributed by atoms with van der Waals surface area (Å²) in [5, 5.41) is 8.85. The number of carbonyl (C=O) groups is 1. The lowest BCUT2D eigenvalue weighted by Crippen LogP contribution is -2.49.